The molecule has 0 aromatic heterocycles. The lowest BCUT2D eigenvalue weighted by Crippen LogP contribution is -2.23. The van der Waals surface area contributed by atoms with Crippen molar-refractivity contribution in [3.8, 4) is 0 Å². The summed E-state index contributed by atoms with van der Waals surface area (Å²) >= 11 is 0. The molecule has 1 amide bonds. The molecule has 0 bridgehead atoms. The summed E-state index contributed by atoms with van der Waals surface area (Å²) in [5.74, 6) is -0.808. The van der Waals surface area contributed by atoms with Gasteiger partial charge in [0.05, 0.1) is 7.11 Å². The molecule has 4 nitrogen and oxygen atoms in total. The molecule has 0 aliphatic rings. The Hall–Kier alpha value is -1.58. The number of ether oxygens (including phenoxy) is 1. The van der Waals surface area contributed by atoms with E-state index in [0.29, 0.717) is 5.57 Å². The molecule has 0 fully saturated rings. The first-order valence-corrected chi connectivity index (χ1v) is 4.36. The van der Waals surface area contributed by atoms with E-state index in [-0.39, 0.29) is 5.41 Å². The van der Waals surface area contributed by atoms with Gasteiger partial charge in [-0.25, -0.2) is 4.79 Å². The molecule has 0 aliphatic carbocycles. The molecule has 0 saturated carbocycles. The summed E-state index contributed by atoms with van der Waals surface area (Å²) in [7, 11) is 1.31. The number of hydrogen-bond donors (Lipinski definition) is 1. The zero-order chi connectivity index (χ0) is 12.6. The van der Waals surface area contributed by atoms with Crippen molar-refractivity contribution in [1.82, 2.24) is 0 Å². The Balaban J connectivity index is 0. The summed E-state index contributed by atoms with van der Waals surface area (Å²) in [5, 5.41) is 0. The number of primary amides is 1. The van der Waals surface area contributed by atoms with E-state index in [9.17, 15) is 9.59 Å². The van der Waals surface area contributed by atoms with Crippen LogP contribution < -0.4 is 5.73 Å². The highest BCUT2D eigenvalue weighted by Crippen LogP contribution is 2.22. The van der Waals surface area contributed by atoms with E-state index in [1.807, 2.05) is 20.8 Å². The maximum absolute atomic E-state index is 10.5. The van der Waals surface area contributed by atoms with Gasteiger partial charge in [0, 0.05) is 11.6 Å². The van der Waals surface area contributed by atoms with Gasteiger partial charge in [0.15, 0.2) is 0 Å². The maximum atomic E-state index is 10.5. The molecule has 0 aliphatic heterocycles. The van der Waals surface area contributed by atoms with Gasteiger partial charge in [0.1, 0.15) is 0 Å². The first kappa shape index (κ1) is 15.9. The van der Waals surface area contributed by atoms with Gasteiger partial charge in [-0.1, -0.05) is 33.9 Å². The molecule has 0 unspecified atom stereocenters. The average molecular weight is 213 g/mol. The third kappa shape index (κ3) is 8.74. The van der Waals surface area contributed by atoms with Crippen molar-refractivity contribution in [2.45, 2.75) is 20.8 Å². The van der Waals surface area contributed by atoms with E-state index in [1.165, 1.54) is 7.11 Å². The zero-order valence-electron chi connectivity index (χ0n) is 9.79. The van der Waals surface area contributed by atoms with Gasteiger partial charge in [-0.15, -0.1) is 0 Å². The molecule has 2 N–H and O–H groups in total. The van der Waals surface area contributed by atoms with E-state index in [1.54, 1.807) is 0 Å². The van der Waals surface area contributed by atoms with Crippen LogP contribution in [-0.2, 0) is 14.3 Å². The highest BCUT2D eigenvalue weighted by atomic mass is 16.5. The van der Waals surface area contributed by atoms with E-state index in [4.69, 9.17) is 5.73 Å². The molecule has 0 saturated heterocycles. The van der Waals surface area contributed by atoms with Gasteiger partial charge in [-0.2, -0.15) is 0 Å². The first-order chi connectivity index (χ1) is 6.66. The largest absolute Gasteiger partial charge is 0.466 e. The van der Waals surface area contributed by atoms with Crippen LogP contribution in [0.5, 0.6) is 0 Å². The molecule has 4 heteroatoms. The van der Waals surface area contributed by atoms with Crippen LogP contribution in [0.4, 0.5) is 0 Å². The van der Waals surface area contributed by atoms with Gasteiger partial charge in [-0.05, 0) is 5.41 Å². The Morgan fingerprint density at radius 2 is 1.73 bits per heavy atom. The SMILES string of the molecule is C=C(C(N)=O)C(C)(C)C.C=CC(=O)OC. The second-order valence-corrected chi connectivity index (χ2v) is 3.82. The predicted octanol–water partition coefficient (Wildman–Crippen LogP) is 1.42. The van der Waals surface area contributed by atoms with Gasteiger partial charge in [0.2, 0.25) is 5.91 Å². The summed E-state index contributed by atoms with van der Waals surface area (Å²) in [6.07, 6.45) is 1.11. The quantitative estimate of drug-likeness (QED) is 0.557. The third-order valence-electron chi connectivity index (χ3n) is 1.57. The first-order valence-electron chi connectivity index (χ1n) is 4.36. The minimum atomic E-state index is -0.414. The predicted molar refractivity (Wildman–Crippen MR) is 60.0 cm³/mol. The highest BCUT2D eigenvalue weighted by molar-refractivity contribution is 5.92. The van der Waals surface area contributed by atoms with Crippen LogP contribution in [0.3, 0.4) is 0 Å². The molecule has 86 valence electrons. The zero-order valence-corrected chi connectivity index (χ0v) is 9.79. The molecule has 0 spiro atoms. The highest BCUT2D eigenvalue weighted by Gasteiger charge is 2.18. The lowest BCUT2D eigenvalue weighted by molar-refractivity contribution is -0.134. The van der Waals surface area contributed by atoms with Crippen LogP contribution in [-0.4, -0.2) is 19.0 Å². The molecular weight excluding hydrogens is 194 g/mol. The minimum absolute atomic E-state index is 0.189. The van der Waals surface area contributed by atoms with Crippen LogP contribution in [0.1, 0.15) is 20.8 Å². The summed E-state index contributed by atoms with van der Waals surface area (Å²) in [6, 6.07) is 0. The van der Waals surface area contributed by atoms with Gasteiger partial charge in [0.25, 0.3) is 0 Å². The van der Waals surface area contributed by atoms with Crippen molar-refractivity contribution in [2.75, 3.05) is 7.11 Å². The van der Waals surface area contributed by atoms with Crippen molar-refractivity contribution >= 4 is 11.9 Å². The number of rotatable bonds is 2. The van der Waals surface area contributed by atoms with Crippen LogP contribution >= 0.6 is 0 Å². The molecule has 0 aromatic carbocycles. The fourth-order valence-electron chi connectivity index (χ4n) is 0.453. The number of esters is 1. The number of carbonyl (C=O) groups is 2. The fourth-order valence-corrected chi connectivity index (χ4v) is 0.453. The van der Waals surface area contributed by atoms with E-state index in [0.717, 1.165) is 6.08 Å². The van der Waals surface area contributed by atoms with Gasteiger partial charge >= 0.3 is 5.97 Å². The maximum Gasteiger partial charge on any atom is 0.329 e. The topological polar surface area (TPSA) is 69.4 Å². The summed E-state index contributed by atoms with van der Waals surface area (Å²) in [4.78, 5) is 20.3. The average Bonchev–Trinajstić information content (AvgIpc) is 2.14. The Bertz CT molecular complexity index is 261. The lowest BCUT2D eigenvalue weighted by atomic mass is 9.87. The number of amides is 1. The molecule has 0 heterocycles. The lowest BCUT2D eigenvalue weighted by Gasteiger charge is -2.17. The van der Waals surface area contributed by atoms with Crippen LogP contribution in [0.2, 0.25) is 0 Å². The number of carbonyl (C=O) groups excluding carboxylic acids is 2. The molecule has 0 atom stereocenters. The van der Waals surface area contributed by atoms with Crippen LogP contribution in [0.15, 0.2) is 24.8 Å². The Morgan fingerprint density at radius 3 is 1.73 bits per heavy atom. The van der Waals surface area contributed by atoms with Crippen LogP contribution in [0, 0.1) is 5.41 Å². The van der Waals surface area contributed by atoms with Crippen molar-refractivity contribution in [1.29, 1.82) is 0 Å². The van der Waals surface area contributed by atoms with Gasteiger partial charge in [-0.3, -0.25) is 4.79 Å². The second kappa shape index (κ2) is 6.81. The molecule has 15 heavy (non-hydrogen) atoms. The Morgan fingerprint density at radius 1 is 1.33 bits per heavy atom. The normalized spacial score (nSPS) is 9.33. The van der Waals surface area contributed by atoms with Crippen molar-refractivity contribution in [3.63, 3.8) is 0 Å². The Kier molecular flexibility index (Phi) is 7.21. The fraction of sp³-hybridized carbons (Fsp3) is 0.455. The van der Waals surface area contributed by atoms with Crippen LogP contribution in [0.25, 0.3) is 0 Å². The number of methoxy groups -OCH3 is 1. The monoisotopic (exact) mass is 213 g/mol. The molecular formula is C11H19NO3. The molecule has 0 aromatic rings. The van der Waals surface area contributed by atoms with Crippen molar-refractivity contribution in [2.24, 2.45) is 11.1 Å². The van der Waals surface area contributed by atoms with E-state index >= 15 is 0 Å². The van der Waals surface area contributed by atoms with E-state index in [2.05, 4.69) is 17.9 Å². The second-order valence-electron chi connectivity index (χ2n) is 3.82. The molecule has 0 radical (unpaired) electrons. The number of hydrogen-bond acceptors (Lipinski definition) is 3. The Labute approximate surface area is 90.8 Å². The molecule has 0 rings (SSSR count). The smallest absolute Gasteiger partial charge is 0.329 e. The standard InChI is InChI=1S/C7H13NO.C4H6O2/c1-5(6(8)9)7(2,3)4;1-3-4(5)6-2/h1H2,2-4H3,(H2,8,9);3H,1H2,2H3. The van der Waals surface area contributed by atoms with Crippen molar-refractivity contribution < 1.29 is 14.3 Å². The minimum Gasteiger partial charge on any atom is -0.466 e. The van der Waals surface area contributed by atoms with E-state index < -0.39 is 11.9 Å². The summed E-state index contributed by atoms with van der Waals surface area (Å²) in [6.45, 7) is 12.4. The number of nitrogens with two attached hydrogens (primary N) is 1. The summed E-state index contributed by atoms with van der Waals surface area (Å²) < 4.78 is 4.14. The van der Waals surface area contributed by atoms with Gasteiger partial charge < -0.3 is 10.5 Å². The van der Waals surface area contributed by atoms with Crippen molar-refractivity contribution in [3.05, 3.63) is 24.8 Å². The third-order valence-corrected chi connectivity index (χ3v) is 1.57. The summed E-state index contributed by atoms with van der Waals surface area (Å²) in [5.41, 5.74) is 5.27.